The average Bonchev–Trinajstić information content (AvgIpc) is 2.74. The third-order valence-corrected chi connectivity index (χ3v) is 4.37. The number of nitrogens with zero attached hydrogens (tertiary/aromatic N) is 1. The fourth-order valence-electron chi connectivity index (χ4n) is 3.63. The van der Waals surface area contributed by atoms with E-state index in [0.717, 1.165) is 12.3 Å². The van der Waals surface area contributed by atoms with Gasteiger partial charge in [0.05, 0.1) is 12.6 Å². The van der Waals surface area contributed by atoms with E-state index in [4.69, 9.17) is 4.74 Å². The summed E-state index contributed by atoms with van der Waals surface area (Å²) in [6, 6.07) is 6.39. The molecule has 1 heterocycles. The molecular weight excluding hydrogens is 236 g/mol. The minimum Gasteiger partial charge on any atom is -0.495 e. The Labute approximate surface area is 114 Å². The monoisotopic (exact) mass is 258 g/mol. The predicted molar refractivity (Wildman–Crippen MR) is 79.1 cm³/mol. The van der Waals surface area contributed by atoms with Crippen molar-refractivity contribution in [3.05, 3.63) is 29.5 Å². The number of hydrogen-bond acceptors (Lipinski definition) is 2. The fourth-order valence-corrected chi connectivity index (χ4v) is 3.63. The maximum atomic E-state index is 5.54. The van der Waals surface area contributed by atoms with Crippen LogP contribution in [0.15, 0.2) is 18.2 Å². The molecule has 19 heavy (non-hydrogen) atoms. The summed E-state index contributed by atoms with van der Waals surface area (Å²) in [5, 5.41) is 4.71. The average molecular weight is 258 g/mol. The molecule has 1 N–H and O–H groups in total. The van der Waals surface area contributed by atoms with Crippen molar-refractivity contribution in [2.45, 2.75) is 25.2 Å². The van der Waals surface area contributed by atoms with Gasteiger partial charge in [-0.15, -0.1) is 0 Å². The largest absolute Gasteiger partial charge is 0.495 e. The van der Waals surface area contributed by atoms with Gasteiger partial charge in [0.1, 0.15) is 5.75 Å². The molecule has 3 nitrogen and oxygen atoms in total. The molecule has 1 aliphatic carbocycles. The van der Waals surface area contributed by atoms with Gasteiger partial charge < -0.3 is 14.6 Å². The fraction of sp³-hybridized carbons (Fsp3) is 0.500. The number of aromatic nitrogens is 1. The maximum Gasteiger partial charge on any atom is 0.143 e. The number of likely N-dealkylation sites (N-methyl/N-ethyl adjacent to an activating group) is 1. The summed E-state index contributed by atoms with van der Waals surface area (Å²) in [5.74, 6) is 1.61. The van der Waals surface area contributed by atoms with E-state index in [9.17, 15) is 0 Å². The highest BCUT2D eigenvalue weighted by molar-refractivity contribution is 5.90. The van der Waals surface area contributed by atoms with Crippen molar-refractivity contribution in [2.24, 2.45) is 7.05 Å². The van der Waals surface area contributed by atoms with Crippen LogP contribution >= 0.6 is 0 Å². The van der Waals surface area contributed by atoms with Crippen LogP contribution in [0.2, 0.25) is 0 Å². The number of methoxy groups -OCH3 is 1. The number of fused-ring (bicyclic) bond motifs is 3. The second-order valence-corrected chi connectivity index (χ2v) is 5.43. The second-order valence-electron chi connectivity index (χ2n) is 5.43. The van der Waals surface area contributed by atoms with Crippen LogP contribution in [0.25, 0.3) is 10.9 Å². The third kappa shape index (κ3) is 1.84. The van der Waals surface area contributed by atoms with E-state index in [2.05, 4.69) is 35.1 Å². The van der Waals surface area contributed by atoms with Crippen LogP contribution in [0.5, 0.6) is 5.75 Å². The van der Waals surface area contributed by atoms with Crippen LogP contribution in [0.4, 0.5) is 0 Å². The molecule has 1 atom stereocenters. The Morgan fingerprint density at radius 1 is 1.42 bits per heavy atom. The summed E-state index contributed by atoms with van der Waals surface area (Å²) in [6.07, 6.45) is 3.76. The first-order valence-corrected chi connectivity index (χ1v) is 7.06. The zero-order valence-corrected chi connectivity index (χ0v) is 12.0. The molecule has 0 saturated carbocycles. The molecule has 0 bridgehead atoms. The zero-order chi connectivity index (χ0) is 13.4. The van der Waals surface area contributed by atoms with Crippen LogP contribution in [0.3, 0.4) is 0 Å². The number of aryl methyl sites for hydroxylation is 2. The van der Waals surface area contributed by atoms with Gasteiger partial charge in [0, 0.05) is 30.6 Å². The van der Waals surface area contributed by atoms with Gasteiger partial charge in [-0.2, -0.15) is 0 Å². The Kier molecular flexibility index (Phi) is 3.23. The van der Waals surface area contributed by atoms with Gasteiger partial charge in [0.2, 0.25) is 0 Å². The molecule has 3 rings (SSSR count). The van der Waals surface area contributed by atoms with Crippen LogP contribution in [-0.4, -0.2) is 25.3 Å². The van der Waals surface area contributed by atoms with E-state index >= 15 is 0 Å². The standard InChI is InChI=1S/C16H22N2O/c1-17-10-11-6-4-7-12-13-8-5-9-14(19-3)16(13)18(2)15(11)12/h5,8-9,11,17H,4,6-7,10H2,1-3H3. The van der Waals surface area contributed by atoms with Gasteiger partial charge in [-0.25, -0.2) is 0 Å². The molecule has 0 amide bonds. The summed E-state index contributed by atoms with van der Waals surface area (Å²) in [5.41, 5.74) is 4.28. The first-order valence-electron chi connectivity index (χ1n) is 7.06. The van der Waals surface area contributed by atoms with Crippen molar-refractivity contribution in [1.82, 2.24) is 9.88 Å². The van der Waals surface area contributed by atoms with Gasteiger partial charge in [0.15, 0.2) is 0 Å². The molecule has 2 aromatic rings. The van der Waals surface area contributed by atoms with E-state index in [1.165, 1.54) is 41.4 Å². The quantitative estimate of drug-likeness (QED) is 0.916. The van der Waals surface area contributed by atoms with Gasteiger partial charge in [-0.1, -0.05) is 12.1 Å². The summed E-state index contributed by atoms with van der Waals surface area (Å²) < 4.78 is 7.90. The molecule has 0 aliphatic heterocycles. The Balaban J connectivity index is 2.26. The summed E-state index contributed by atoms with van der Waals surface area (Å²) >= 11 is 0. The number of nitrogens with one attached hydrogen (secondary N) is 1. The van der Waals surface area contributed by atoms with Crippen molar-refractivity contribution < 1.29 is 4.74 Å². The normalized spacial score (nSPS) is 18.6. The Morgan fingerprint density at radius 3 is 3.00 bits per heavy atom. The smallest absolute Gasteiger partial charge is 0.143 e. The first kappa shape index (κ1) is 12.5. The minimum atomic E-state index is 0.621. The molecule has 1 aromatic heterocycles. The highest BCUT2D eigenvalue weighted by Gasteiger charge is 2.26. The zero-order valence-electron chi connectivity index (χ0n) is 12.0. The third-order valence-electron chi connectivity index (χ3n) is 4.37. The highest BCUT2D eigenvalue weighted by atomic mass is 16.5. The topological polar surface area (TPSA) is 26.2 Å². The summed E-state index contributed by atoms with van der Waals surface area (Å²) in [6.45, 7) is 1.06. The number of hydrogen-bond donors (Lipinski definition) is 1. The van der Waals surface area contributed by atoms with Gasteiger partial charge in [-0.05, 0) is 37.9 Å². The molecule has 0 saturated heterocycles. The van der Waals surface area contributed by atoms with Crippen molar-refractivity contribution in [3.63, 3.8) is 0 Å². The molecule has 1 aromatic carbocycles. The molecule has 3 heteroatoms. The molecule has 102 valence electrons. The van der Waals surface area contributed by atoms with Crippen LogP contribution < -0.4 is 10.1 Å². The number of rotatable bonds is 3. The number of para-hydroxylation sites is 1. The minimum absolute atomic E-state index is 0.621. The summed E-state index contributed by atoms with van der Waals surface area (Å²) in [7, 11) is 5.97. The van der Waals surface area contributed by atoms with E-state index in [1.807, 2.05) is 7.05 Å². The Hall–Kier alpha value is -1.48. The molecular formula is C16H22N2O. The lowest BCUT2D eigenvalue weighted by atomic mass is 9.86. The molecule has 0 radical (unpaired) electrons. The predicted octanol–water partition coefficient (Wildman–Crippen LogP) is 2.83. The van der Waals surface area contributed by atoms with Crippen LogP contribution in [-0.2, 0) is 13.5 Å². The summed E-state index contributed by atoms with van der Waals surface area (Å²) in [4.78, 5) is 0. The van der Waals surface area contributed by atoms with E-state index in [0.29, 0.717) is 5.92 Å². The van der Waals surface area contributed by atoms with E-state index in [1.54, 1.807) is 7.11 Å². The number of ether oxygens (including phenoxy) is 1. The second kappa shape index (κ2) is 4.89. The van der Waals surface area contributed by atoms with Gasteiger partial charge in [-0.3, -0.25) is 0 Å². The van der Waals surface area contributed by atoms with Crippen molar-refractivity contribution in [3.8, 4) is 5.75 Å². The van der Waals surface area contributed by atoms with Gasteiger partial charge >= 0.3 is 0 Å². The van der Waals surface area contributed by atoms with E-state index < -0.39 is 0 Å². The molecule has 0 fully saturated rings. The molecule has 1 unspecified atom stereocenters. The van der Waals surface area contributed by atoms with E-state index in [-0.39, 0.29) is 0 Å². The molecule has 1 aliphatic rings. The Morgan fingerprint density at radius 2 is 2.26 bits per heavy atom. The lowest BCUT2D eigenvalue weighted by molar-refractivity contribution is 0.417. The van der Waals surface area contributed by atoms with Crippen molar-refractivity contribution >= 4 is 10.9 Å². The lowest BCUT2D eigenvalue weighted by Gasteiger charge is -2.24. The number of benzene rings is 1. The molecule has 0 spiro atoms. The lowest BCUT2D eigenvalue weighted by Crippen LogP contribution is -2.22. The van der Waals surface area contributed by atoms with Crippen LogP contribution in [0.1, 0.15) is 30.0 Å². The van der Waals surface area contributed by atoms with Crippen molar-refractivity contribution in [1.29, 1.82) is 0 Å². The van der Waals surface area contributed by atoms with Crippen LogP contribution in [0, 0.1) is 0 Å². The first-order chi connectivity index (χ1) is 9.27. The SMILES string of the molecule is CNCC1CCCc2c1n(C)c1c(OC)cccc21. The highest BCUT2D eigenvalue weighted by Crippen LogP contribution is 2.40. The van der Waals surface area contributed by atoms with Gasteiger partial charge in [0.25, 0.3) is 0 Å². The Bertz CT molecular complexity index is 600. The maximum absolute atomic E-state index is 5.54. The van der Waals surface area contributed by atoms with Crippen molar-refractivity contribution in [2.75, 3.05) is 20.7 Å².